The van der Waals surface area contributed by atoms with Crippen molar-refractivity contribution in [3.63, 3.8) is 0 Å². The van der Waals surface area contributed by atoms with Crippen molar-refractivity contribution in [1.82, 2.24) is 9.96 Å². The molecule has 132 valence electrons. The molecular formula is C17H24FN3O3. The fourth-order valence-electron chi connectivity index (χ4n) is 2.56. The lowest BCUT2D eigenvalue weighted by atomic mass is 10.1. The van der Waals surface area contributed by atoms with E-state index in [0.29, 0.717) is 38.0 Å². The summed E-state index contributed by atoms with van der Waals surface area (Å²) in [5.74, 6) is -0.346. The van der Waals surface area contributed by atoms with Crippen LogP contribution in [0.2, 0.25) is 0 Å². The predicted molar refractivity (Wildman–Crippen MR) is 88.8 cm³/mol. The minimum atomic E-state index is -0.446. The van der Waals surface area contributed by atoms with Gasteiger partial charge in [-0.3, -0.25) is 9.63 Å². The summed E-state index contributed by atoms with van der Waals surface area (Å²) >= 11 is 0. The lowest BCUT2D eigenvalue weighted by molar-refractivity contribution is -0.235. The maximum atomic E-state index is 12.9. The Bertz CT molecular complexity index is 563. The Balaban J connectivity index is 1.86. The van der Waals surface area contributed by atoms with E-state index in [9.17, 15) is 14.0 Å². The number of hydrogen-bond donors (Lipinski definition) is 1. The molecule has 0 aromatic heterocycles. The lowest BCUT2D eigenvalue weighted by Gasteiger charge is -2.38. The van der Waals surface area contributed by atoms with E-state index in [0.717, 1.165) is 0 Å². The molecule has 1 N–H and O–H groups in total. The Hall–Kier alpha value is -2.15. The number of nitrogens with zero attached hydrogens (tertiary/aromatic N) is 2. The van der Waals surface area contributed by atoms with Gasteiger partial charge in [0.1, 0.15) is 5.82 Å². The van der Waals surface area contributed by atoms with Gasteiger partial charge in [-0.1, -0.05) is 0 Å². The van der Waals surface area contributed by atoms with Gasteiger partial charge in [-0.25, -0.2) is 14.2 Å². The molecule has 0 atom stereocenters. The SMILES string of the molecule is CC(C)(C)ON(C=O)C1CCN(C(=O)Nc2ccc(F)cc2)CC1. The summed E-state index contributed by atoms with van der Waals surface area (Å²) in [4.78, 5) is 30.8. The summed E-state index contributed by atoms with van der Waals surface area (Å²) in [5, 5.41) is 4.10. The van der Waals surface area contributed by atoms with Crippen LogP contribution < -0.4 is 5.32 Å². The van der Waals surface area contributed by atoms with Crippen molar-refractivity contribution in [3.05, 3.63) is 30.1 Å². The molecule has 3 amide bonds. The van der Waals surface area contributed by atoms with Crippen LogP contribution in [0.15, 0.2) is 24.3 Å². The molecule has 6 nitrogen and oxygen atoms in total. The second-order valence-electron chi connectivity index (χ2n) is 6.82. The molecule has 1 aromatic rings. The first-order valence-electron chi connectivity index (χ1n) is 8.03. The molecule has 1 aliphatic rings. The molecule has 1 aromatic carbocycles. The van der Waals surface area contributed by atoms with Gasteiger partial charge in [0.25, 0.3) is 0 Å². The maximum Gasteiger partial charge on any atom is 0.321 e. The van der Waals surface area contributed by atoms with Gasteiger partial charge < -0.3 is 10.2 Å². The molecule has 2 rings (SSSR count). The average Bonchev–Trinajstić information content (AvgIpc) is 2.54. The van der Waals surface area contributed by atoms with Gasteiger partial charge in [0, 0.05) is 18.8 Å². The number of anilines is 1. The van der Waals surface area contributed by atoms with Crippen molar-refractivity contribution in [3.8, 4) is 0 Å². The Labute approximate surface area is 141 Å². The van der Waals surface area contributed by atoms with Gasteiger partial charge in [-0.15, -0.1) is 0 Å². The number of likely N-dealkylation sites (tertiary alicyclic amines) is 1. The highest BCUT2D eigenvalue weighted by Gasteiger charge is 2.29. The molecule has 1 aliphatic heterocycles. The number of nitrogens with one attached hydrogen (secondary N) is 1. The van der Waals surface area contributed by atoms with Crippen LogP contribution in [0.4, 0.5) is 14.9 Å². The topological polar surface area (TPSA) is 61.9 Å². The minimum Gasteiger partial charge on any atom is -0.324 e. The third-order valence-corrected chi connectivity index (χ3v) is 3.69. The first-order valence-corrected chi connectivity index (χ1v) is 8.03. The minimum absolute atomic E-state index is 0.0448. The molecule has 1 fully saturated rings. The molecule has 0 spiro atoms. The van der Waals surface area contributed by atoms with E-state index in [1.807, 2.05) is 20.8 Å². The highest BCUT2D eigenvalue weighted by Crippen LogP contribution is 2.20. The maximum absolute atomic E-state index is 12.9. The van der Waals surface area contributed by atoms with Gasteiger partial charge in [-0.2, -0.15) is 0 Å². The zero-order valence-electron chi connectivity index (χ0n) is 14.3. The molecule has 1 heterocycles. The highest BCUT2D eigenvalue weighted by atomic mass is 19.1. The van der Waals surface area contributed by atoms with Crippen molar-refractivity contribution in [2.45, 2.75) is 45.3 Å². The number of halogens is 1. The largest absolute Gasteiger partial charge is 0.324 e. The number of carbonyl (C=O) groups excluding carboxylic acids is 2. The molecule has 0 bridgehead atoms. The highest BCUT2D eigenvalue weighted by molar-refractivity contribution is 5.89. The summed E-state index contributed by atoms with van der Waals surface area (Å²) in [6.45, 7) is 6.70. The van der Waals surface area contributed by atoms with Crippen molar-refractivity contribution >= 4 is 18.1 Å². The number of carbonyl (C=O) groups is 2. The van der Waals surface area contributed by atoms with Gasteiger partial charge in [0.2, 0.25) is 6.41 Å². The van der Waals surface area contributed by atoms with E-state index in [1.165, 1.54) is 29.3 Å². The lowest BCUT2D eigenvalue weighted by Crippen LogP contribution is -2.49. The van der Waals surface area contributed by atoms with Crippen molar-refractivity contribution in [1.29, 1.82) is 0 Å². The number of hydrogen-bond acceptors (Lipinski definition) is 3. The Morgan fingerprint density at radius 3 is 2.38 bits per heavy atom. The van der Waals surface area contributed by atoms with Gasteiger partial charge in [-0.05, 0) is 57.9 Å². The van der Waals surface area contributed by atoms with Crippen LogP contribution in [0.5, 0.6) is 0 Å². The van der Waals surface area contributed by atoms with Gasteiger partial charge in [0.05, 0.1) is 11.6 Å². The standard InChI is InChI=1S/C17H24FN3O3/c1-17(2,3)24-21(12-22)15-8-10-20(11-9-15)16(23)19-14-6-4-13(18)5-7-14/h4-7,12,15H,8-11H2,1-3H3,(H,19,23). The summed E-state index contributed by atoms with van der Waals surface area (Å²) in [6, 6.07) is 5.36. The van der Waals surface area contributed by atoms with E-state index in [4.69, 9.17) is 4.84 Å². The number of rotatable bonds is 4. The van der Waals surface area contributed by atoms with Crippen LogP contribution in [0.1, 0.15) is 33.6 Å². The third-order valence-electron chi connectivity index (χ3n) is 3.69. The van der Waals surface area contributed by atoms with E-state index >= 15 is 0 Å². The normalized spacial score (nSPS) is 15.9. The molecule has 0 unspecified atom stereocenters. The van der Waals surface area contributed by atoms with E-state index in [1.54, 1.807) is 4.90 Å². The zero-order chi connectivity index (χ0) is 17.7. The van der Waals surface area contributed by atoms with E-state index in [-0.39, 0.29) is 17.9 Å². The number of amides is 3. The number of hydroxylamine groups is 2. The van der Waals surface area contributed by atoms with E-state index in [2.05, 4.69) is 5.32 Å². The Morgan fingerprint density at radius 1 is 1.29 bits per heavy atom. The molecule has 0 saturated carbocycles. The Morgan fingerprint density at radius 2 is 1.88 bits per heavy atom. The number of benzene rings is 1. The van der Waals surface area contributed by atoms with Crippen LogP contribution in [0.3, 0.4) is 0 Å². The Kier molecular flexibility index (Phi) is 5.77. The first-order chi connectivity index (χ1) is 11.3. The zero-order valence-corrected chi connectivity index (χ0v) is 14.3. The third kappa shape index (κ3) is 5.19. The average molecular weight is 337 g/mol. The fourth-order valence-corrected chi connectivity index (χ4v) is 2.56. The smallest absolute Gasteiger partial charge is 0.321 e. The summed E-state index contributed by atoms with van der Waals surface area (Å²) in [7, 11) is 0. The quantitative estimate of drug-likeness (QED) is 0.679. The van der Waals surface area contributed by atoms with Crippen LogP contribution in [-0.4, -0.2) is 47.1 Å². The van der Waals surface area contributed by atoms with Crippen LogP contribution in [0.25, 0.3) is 0 Å². The van der Waals surface area contributed by atoms with Gasteiger partial charge >= 0.3 is 6.03 Å². The van der Waals surface area contributed by atoms with Crippen molar-refractivity contribution < 1.29 is 18.8 Å². The predicted octanol–water partition coefficient (Wildman–Crippen LogP) is 3.01. The van der Waals surface area contributed by atoms with Crippen molar-refractivity contribution in [2.24, 2.45) is 0 Å². The monoisotopic (exact) mass is 337 g/mol. The van der Waals surface area contributed by atoms with Crippen LogP contribution >= 0.6 is 0 Å². The molecule has 1 saturated heterocycles. The second kappa shape index (κ2) is 7.61. The number of urea groups is 1. The molecular weight excluding hydrogens is 313 g/mol. The van der Waals surface area contributed by atoms with Gasteiger partial charge in [0.15, 0.2) is 0 Å². The fraction of sp³-hybridized carbons (Fsp3) is 0.529. The van der Waals surface area contributed by atoms with Crippen molar-refractivity contribution in [2.75, 3.05) is 18.4 Å². The van der Waals surface area contributed by atoms with Crippen LogP contribution in [0, 0.1) is 5.82 Å². The summed E-state index contributed by atoms with van der Waals surface area (Å²) < 4.78 is 12.9. The molecule has 0 aliphatic carbocycles. The number of piperidine rings is 1. The molecule has 7 heteroatoms. The first kappa shape index (κ1) is 18.2. The second-order valence-corrected chi connectivity index (χ2v) is 6.82. The molecule has 24 heavy (non-hydrogen) atoms. The molecule has 0 radical (unpaired) electrons. The summed E-state index contributed by atoms with van der Waals surface area (Å²) in [5.41, 5.74) is 0.104. The van der Waals surface area contributed by atoms with Crippen LogP contribution in [-0.2, 0) is 9.63 Å². The summed E-state index contributed by atoms with van der Waals surface area (Å²) in [6.07, 6.45) is 1.99. The van der Waals surface area contributed by atoms with E-state index < -0.39 is 5.60 Å².